The van der Waals surface area contributed by atoms with Crippen molar-refractivity contribution in [3.05, 3.63) is 59.7 Å². The van der Waals surface area contributed by atoms with Crippen LogP contribution in [-0.2, 0) is 6.61 Å². The minimum atomic E-state index is 0.351. The fraction of sp³-hybridized carbons (Fsp3) is 0.133. The third kappa shape index (κ3) is 2.61. The molecule has 0 spiro atoms. The maximum absolute atomic E-state index is 8.99. The zero-order chi connectivity index (χ0) is 12.8. The number of para-hydroxylation sites is 2. The van der Waals surface area contributed by atoms with Gasteiger partial charge in [0.1, 0.15) is 6.61 Å². The average molecular weight is 239 g/mol. The van der Waals surface area contributed by atoms with Crippen LogP contribution in [0.4, 0.5) is 0 Å². The summed E-state index contributed by atoms with van der Waals surface area (Å²) >= 11 is 0. The number of hydrogen-bond donors (Lipinski definition) is 0. The summed E-state index contributed by atoms with van der Waals surface area (Å²) < 4.78 is 10.9. The molecule has 0 heterocycles. The van der Waals surface area contributed by atoms with Crippen molar-refractivity contribution in [2.24, 2.45) is 0 Å². The summed E-state index contributed by atoms with van der Waals surface area (Å²) in [7, 11) is 1.60. The molecule has 3 nitrogen and oxygen atoms in total. The lowest BCUT2D eigenvalue weighted by molar-refractivity contribution is 0.284. The van der Waals surface area contributed by atoms with E-state index in [-0.39, 0.29) is 0 Å². The molecule has 0 radical (unpaired) electrons. The molecule has 3 heteroatoms. The molecule has 0 saturated heterocycles. The van der Waals surface area contributed by atoms with E-state index < -0.39 is 0 Å². The first kappa shape index (κ1) is 12.0. The van der Waals surface area contributed by atoms with Crippen LogP contribution in [0.2, 0.25) is 0 Å². The van der Waals surface area contributed by atoms with Gasteiger partial charge in [-0.2, -0.15) is 5.26 Å². The van der Waals surface area contributed by atoms with E-state index in [0.29, 0.717) is 23.7 Å². The van der Waals surface area contributed by atoms with Crippen molar-refractivity contribution < 1.29 is 9.47 Å². The Morgan fingerprint density at radius 1 is 1.00 bits per heavy atom. The first-order chi connectivity index (χ1) is 8.85. The molecule has 0 saturated carbocycles. The minimum Gasteiger partial charge on any atom is -0.493 e. The number of methoxy groups -OCH3 is 1. The Kier molecular flexibility index (Phi) is 3.83. The zero-order valence-electron chi connectivity index (χ0n) is 10.1. The summed E-state index contributed by atoms with van der Waals surface area (Å²) in [5, 5.41) is 8.99. The van der Waals surface area contributed by atoms with E-state index in [1.807, 2.05) is 42.5 Å². The van der Waals surface area contributed by atoms with Crippen LogP contribution in [0.5, 0.6) is 11.5 Å². The van der Waals surface area contributed by atoms with Gasteiger partial charge in [0, 0.05) is 5.56 Å². The molecule has 0 N–H and O–H groups in total. The second kappa shape index (κ2) is 5.74. The molecule has 0 atom stereocenters. The van der Waals surface area contributed by atoms with E-state index in [2.05, 4.69) is 6.07 Å². The molecule has 0 fully saturated rings. The van der Waals surface area contributed by atoms with Gasteiger partial charge in [-0.3, -0.25) is 0 Å². The van der Waals surface area contributed by atoms with Gasteiger partial charge < -0.3 is 9.47 Å². The van der Waals surface area contributed by atoms with E-state index >= 15 is 0 Å². The molecule has 0 aliphatic heterocycles. The molecular weight excluding hydrogens is 226 g/mol. The second-order valence-electron chi connectivity index (χ2n) is 3.71. The average Bonchev–Trinajstić information content (AvgIpc) is 2.45. The van der Waals surface area contributed by atoms with Crippen LogP contribution >= 0.6 is 0 Å². The largest absolute Gasteiger partial charge is 0.493 e. The fourth-order valence-corrected chi connectivity index (χ4v) is 1.65. The predicted octanol–water partition coefficient (Wildman–Crippen LogP) is 3.15. The number of nitriles is 1. The number of benzene rings is 2. The van der Waals surface area contributed by atoms with Gasteiger partial charge in [-0.1, -0.05) is 30.3 Å². The smallest absolute Gasteiger partial charge is 0.161 e. The van der Waals surface area contributed by atoms with Gasteiger partial charge in [0.2, 0.25) is 0 Å². The highest BCUT2D eigenvalue weighted by Gasteiger charge is 2.05. The summed E-state index contributed by atoms with van der Waals surface area (Å²) in [6.07, 6.45) is 0. The van der Waals surface area contributed by atoms with Crippen LogP contribution in [0.1, 0.15) is 11.1 Å². The summed E-state index contributed by atoms with van der Waals surface area (Å²) in [6, 6.07) is 17.0. The predicted molar refractivity (Wildman–Crippen MR) is 68.5 cm³/mol. The van der Waals surface area contributed by atoms with Gasteiger partial charge in [0.05, 0.1) is 18.7 Å². The lowest BCUT2D eigenvalue weighted by Crippen LogP contribution is -1.99. The summed E-state index contributed by atoms with van der Waals surface area (Å²) in [5.74, 6) is 1.36. The summed E-state index contributed by atoms with van der Waals surface area (Å²) in [5.41, 5.74) is 1.50. The SMILES string of the molecule is COc1ccccc1OCc1ccccc1C#N. The van der Waals surface area contributed by atoms with Crippen molar-refractivity contribution in [3.63, 3.8) is 0 Å². The molecule has 18 heavy (non-hydrogen) atoms. The Morgan fingerprint density at radius 2 is 1.67 bits per heavy atom. The lowest BCUT2D eigenvalue weighted by Gasteiger charge is -2.10. The van der Waals surface area contributed by atoms with Crippen molar-refractivity contribution in [2.75, 3.05) is 7.11 Å². The lowest BCUT2D eigenvalue weighted by atomic mass is 10.1. The summed E-state index contributed by atoms with van der Waals surface area (Å²) in [6.45, 7) is 0.351. The number of hydrogen-bond acceptors (Lipinski definition) is 3. The topological polar surface area (TPSA) is 42.2 Å². The van der Waals surface area contributed by atoms with Crippen LogP contribution in [0.15, 0.2) is 48.5 Å². The molecule has 0 unspecified atom stereocenters. The fourth-order valence-electron chi connectivity index (χ4n) is 1.65. The van der Waals surface area contributed by atoms with Gasteiger partial charge in [-0.05, 0) is 18.2 Å². The minimum absolute atomic E-state index is 0.351. The molecule has 0 bridgehead atoms. The van der Waals surface area contributed by atoms with Crippen LogP contribution in [0, 0.1) is 11.3 Å². The molecule has 90 valence electrons. The van der Waals surface area contributed by atoms with Gasteiger partial charge >= 0.3 is 0 Å². The van der Waals surface area contributed by atoms with Crippen molar-refractivity contribution >= 4 is 0 Å². The molecule has 0 amide bonds. The maximum Gasteiger partial charge on any atom is 0.161 e. The Balaban J connectivity index is 2.14. The number of nitrogens with zero attached hydrogens (tertiary/aromatic N) is 1. The molecule has 0 aromatic heterocycles. The van der Waals surface area contributed by atoms with Gasteiger partial charge in [0.25, 0.3) is 0 Å². The molecule has 0 aliphatic rings. The molecular formula is C15H13NO2. The van der Waals surface area contributed by atoms with E-state index in [0.717, 1.165) is 5.56 Å². The van der Waals surface area contributed by atoms with Crippen LogP contribution in [0.25, 0.3) is 0 Å². The first-order valence-corrected chi connectivity index (χ1v) is 5.59. The van der Waals surface area contributed by atoms with E-state index in [1.54, 1.807) is 13.2 Å². The number of rotatable bonds is 4. The van der Waals surface area contributed by atoms with Gasteiger partial charge in [-0.25, -0.2) is 0 Å². The molecule has 2 aromatic rings. The van der Waals surface area contributed by atoms with Crippen LogP contribution in [-0.4, -0.2) is 7.11 Å². The summed E-state index contributed by atoms with van der Waals surface area (Å²) in [4.78, 5) is 0. The Hall–Kier alpha value is -2.47. The molecule has 0 aliphatic carbocycles. The Labute approximate surface area is 106 Å². The highest BCUT2D eigenvalue weighted by atomic mass is 16.5. The monoisotopic (exact) mass is 239 g/mol. The van der Waals surface area contributed by atoms with Crippen LogP contribution in [0.3, 0.4) is 0 Å². The third-order valence-electron chi connectivity index (χ3n) is 2.59. The number of ether oxygens (including phenoxy) is 2. The highest BCUT2D eigenvalue weighted by molar-refractivity contribution is 5.41. The van der Waals surface area contributed by atoms with E-state index in [9.17, 15) is 0 Å². The Bertz CT molecular complexity index is 573. The van der Waals surface area contributed by atoms with Crippen molar-refractivity contribution in [1.82, 2.24) is 0 Å². The first-order valence-electron chi connectivity index (χ1n) is 5.59. The van der Waals surface area contributed by atoms with Crippen molar-refractivity contribution in [2.45, 2.75) is 6.61 Å². The maximum atomic E-state index is 8.99. The second-order valence-corrected chi connectivity index (χ2v) is 3.71. The molecule has 2 rings (SSSR count). The van der Waals surface area contributed by atoms with Gasteiger partial charge in [0.15, 0.2) is 11.5 Å². The standard InChI is InChI=1S/C15H13NO2/c1-17-14-8-4-5-9-15(14)18-11-13-7-3-2-6-12(13)10-16/h2-9H,11H2,1H3. The zero-order valence-corrected chi connectivity index (χ0v) is 10.1. The quantitative estimate of drug-likeness (QED) is 0.823. The van der Waals surface area contributed by atoms with Crippen molar-refractivity contribution in [3.8, 4) is 17.6 Å². The molecule has 2 aromatic carbocycles. The normalized spacial score (nSPS) is 9.56. The third-order valence-corrected chi connectivity index (χ3v) is 2.59. The van der Waals surface area contributed by atoms with E-state index in [4.69, 9.17) is 14.7 Å². The van der Waals surface area contributed by atoms with Gasteiger partial charge in [-0.15, -0.1) is 0 Å². The van der Waals surface area contributed by atoms with Crippen LogP contribution < -0.4 is 9.47 Å². The van der Waals surface area contributed by atoms with E-state index in [1.165, 1.54) is 0 Å². The van der Waals surface area contributed by atoms with Crippen molar-refractivity contribution in [1.29, 1.82) is 5.26 Å². The highest BCUT2D eigenvalue weighted by Crippen LogP contribution is 2.26. The Morgan fingerprint density at radius 3 is 2.39 bits per heavy atom.